The SMILES string of the molecule is CCCCCCC(=NOC(=O)c1ccccc1)C(=O)c1ccc([SH]2C=CC=C2)cc1.CCOC(=O)c1ccc(C)cc1. The largest absolute Gasteiger partial charge is 0.462 e. The third-order valence-electron chi connectivity index (χ3n) is 6.37. The Morgan fingerprint density at radius 2 is 1.33 bits per heavy atom. The molecule has 42 heavy (non-hydrogen) atoms. The molecular formula is C35H39NO5S. The summed E-state index contributed by atoms with van der Waals surface area (Å²) in [5.41, 5.74) is 3.01. The number of ketones is 1. The summed E-state index contributed by atoms with van der Waals surface area (Å²) in [6.45, 7) is 6.34. The molecule has 1 aliphatic rings. The molecule has 7 heteroatoms. The van der Waals surface area contributed by atoms with Gasteiger partial charge in [0, 0.05) is 5.56 Å². The molecule has 0 fully saturated rings. The maximum atomic E-state index is 13.0. The minimum absolute atomic E-state index is 0.191. The zero-order valence-electron chi connectivity index (χ0n) is 24.5. The van der Waals surface area contributed by atoms with Crippen molar-refractivity contribution in [3.8, 4) is 0 Å². The zero-order chi connectivity index (χ0) is 30.2. The number of unbranched alkanes of at least 4 members (excludes halogenated alkanes) is 3. The highest BCUT2D eigenvalue weighted by Gasteiger charge is 2.17. The highest BCUT2D eigenvalue weighted by Crippen LogP contribution is 2.41. The van der Waals surface area contributed by atoms with Gasteiger partial charge in [-0.15, -0.1) is 0 Å². The number of benzene rings is 3. The topological polar surface area (TPSA) is 82.0 Å². The standard InChI is InChI=1S/C25H27NO3S.C10H12O2/c1-2-3-4-8-13-23(26-29-25(28)21-11-6-5-7-12-21)24(27)20-14-16-22(17-15-20)30-18-9-10-19-30;1-3-12-10(11)9-6-4-8(2)5-7-9/h5-7,9-12,14-19,30H,2-4,8,13H2,1H3;4-7H,3H2,1-2H3. The number of carbonyl (C=O) groups is 3. The summed E-state index contributed by atoms with van der Waals surface area (Å²) in [6, 6.07) is 23.6. The fourth-order valence-corrected chi connectivity index (χ4v) is 5.51. The van der Waals surface area contributed by atoms with E-state index < -0.39 is 16.9 Å². The van der Waals surface area contributed by atoms with E-state index in [9.17, 15) is 14.4 Å². The van der Waals surface area contributed by atoms with Crippen LogP contribution in [0.2, 0.25) is 0 Å². The number of rotatable bonds is 12. The van der Waals surface area contributed by atoms with Crippen molar-refractivity contribution in [2.45, 2.75) is 57.8 Å². The van der Waals surface area contributed by atoms with Crippen LogP contribution in [0.3, 0.4) is 0 Å². The third kappa shape index (κ3) is 10.3. The minimum Gasteiger partial charge on any atom is -0.462 e. The maximum Gasteiger partial charge on any atom is 0.365 e. The average molecular weight is 586 g/mol. The van der Waals surface area contributed by atoms with Crippen molar-refractivity contribution in [2.75, 3.05) is 6.61 Å². The number of ether oxygens (including phenoxy) is 1. The monoisotopic (exact) mass is 585 g/mol. The Hall–Kier alpha value is -4.23. The quantitative estimate of drug-likeness (QED) is 0.0438. The van der Waals surface area contributed by atoms with E-state index in [2.05, 4.69) is 22.9 Å². The van der Waals surface area contributed by atoms with Gasteiger partial charge in [0.25, 0.3) is 0 Å². The van der Waals surface area contributed by atoms with Crippen LogP contribution >= 0.6 is 10.9 Å². The van der Waals surface area contributed by atoms with Gasteiger partial charge < -0.3 is 9.57 Å². The van der Waals surface area contributed by atoms with Crippen molar-refractivity contribution in [2.24, 2.45) is 5.16 Å². The molecule has 0 radical (unpaired) electrons. The molecule has 0 N–H and O–H groups in total. The number of esters is 1. The Morgan fingerprint density at radius 3 is 1.95 bits per heavy atom. The van der Waals surface area contributed by atoms with Gasteiger partial charge in [0.1, 0.15) is 5.71 Å². The molecule has 6 nitrogen and oxygen atoms in total. The highest BCUT2D eigenvalue weighted by atomic mass is 32.2. The van der Waals surface area contributed by atoms with Gasteiger partial charge in [-0.2, -0.15) is 10.9 Å². The molecule has 1 aliphatic heterocycles. The molecule has 0 saturated carbocycles. The van der Waals surface area contributed by atoms with Gasteiger partial charge >= 0.3 is 11.9 Å². The zero-order valence-corrected chi connectivity index (χ0v) is 25.4. The Bertz CT molecular complexity index is 1380. The van der Waals surface area contributed by atoms with Crippen LogP contribution in [0.15, 0.2) is 112 Å². The molecule has 3 aromatic carbocycles. The first kappa shape index (κ1) is 32.3. The summed E-state index contributed by atoms with van der Waals surface area (Å²) in [7, 11) is -0.414. The second-order valence-electron chi connectivity index (χ2n) is 9.65. The van der Waals surface area contributed by atoms with Gasteiger partial charge in [-0.05, 0) is 90.9 Å². The van der Waals surface area contributed by atoms with Crippen LogP contribution in [-0.4, -0.2) is 30.0 Å². The van der Waals surface area contributed by atoms with Crippen LogP contribution in [0.5, 0.6) is 0 Å². The number of allylic oxidation sites excluding steroid dienone is 2. The van der Waals surface area contributed by atoms with Crippen LogP contribution in [0.25, 0.3) is 0 Å². The van der Waals surface area contributed by atoms with E-state index in [0.29, 0.717) is 29.7 Å². The third-order valence-corrected chi connectivity index (χ3v) is 8.25. The normalized spacial score (nSPS) is 12.8. The lowest BCUT2D eigenvalue weighted by atomic mass is 10.0. The van der Waals surface area contributed by atoms with Crippen LogP contribution in [0.4, 0.5) is 0 Å². The van der Waals surface area contributed by atoms with E-state index >= 15 is 0 Å². The van der Waals surface area contributed by atoms with Gasteiger partial charge in [-0.3, -0.25) is 4.79 Å². The number of Topliss-reactive ketones (excluding diaryl/α,β-unsaturated/α-hetero) is 1. The Balaban J connectivity index is 0.000000337. The number of carbonyl (C=O) groups excluding carboxylic acids is 3. The lowest BCUT2D eigenvalue weighted by Crippen LogP contribution is -2.16. The minimum atomic E-state index is -0.563. The fraction of sp³-hybridized carbons (Fsp3) is 0.257. The summed E-state index contributed by atoms with van der Waals surface area (Å²) in [5.74, 6) is -1.01. The molecule has 0 saturated heterocycles. The molecule has 1 heterocycles. The second kappa shape index (κ2) is 17.6. The molecule has 0 aliphatic carbocycles. The highest BCUT2D eigenvalue weighted by molar-refractivity contribution is 8.22. The second-order valence-corrected chi connectivity index (χ2v) is 11.6. The lowest BCUT2D eigenvalue weighted by Gasteiger charge is -2.11. The van der Waals surface area contributed by atoms with Crippen LogP contribution < -0.4 is 0 Å². The Kier molecular flexibility index (Phi) is 13.5. The van der Waals surface area contributed by atoms with E-state index in [1.54, 1.807) is 43.3 Å². The van der Waals surface area contributed by atoms with E-state index in [0.717, 1.165) is 31.2 Å². The predicted molar refractivity (Wildman–Crippen MR) is 171 cm³/mol. The molecular weight excluding hydrogens is 546 g/mol. The van der Waals surface area contributed by atoms with Crippen molar-refractivity contribution in [1.82, 2.24) is 0 Å². The Labute approximate surface area is 251 Å². The van der Waals surface area contributed by atoms with Crippen molar-refractivity contribution < 1.29 is 24.0 Å². The van der Waals surface area contributed by atoms with Crippen molar-refractivity contribution in [3.63, 3.8) is 0 Å². The van der Waals surface area contributed by atoms with Crippen LogP contribution in [-0.2, 0) is 9.57 Å². The number of nitrogens with zero attached hydrogens (tertiary/aromatic N) is 1. The molecule has 220 valence electrons. The summed E-state index contributed by atoms with van der Waals surface area (Å²) in [5, 5.41) is 8.33. The molecule has 0 atom stereocenters. The Morgan fingerprint density at radius 1 is 0.714 bits per heavy atom. The number of hydrogen-bond donors (Lipinski definition) is 1. The average Bonchev–Trinajstić information content (AvgIpc) is 3.57. The van der Waals surface area contributed by atoms with E-state index in [4.69, 9.17) is 9.57 Å². The smallest absolute Gasteiger partial charge is 0.365 e. The molecule has 0 unspecified atom stereocenters. The fourth-order valence-electron chi connectivity index (χ4n) is 4.01. The van der Waals surface area contributed by atoms with Gasteiger partial charge in [0.15, 0.2) is 0 Å². The van der Waals surface area contributed by atoms with Crippen molar-refractivity contribution in [1.29, 1.82) is 0 Å². The molecule has 0 spiro atoms. The number of hydrogen-bond acceptors (Lipinski definition) is 6. The number of oxime groups is 1. The summed E-state index contributed by atoms with van der Waals surface area (Å²) < 4.78 is 4.83. The molecule has 0 bridgehead atoms. The first-order valence-electron chi connectivity index (χ1n) is 14.3. The summed E-state index contributed by atoms with van der Waals surface area (Å²) >= 11 is 0. The van der Waals surface area contributed by atoms with E-state index in [-0.39, 0.29) is 17.5 Å². The van der Waals surface area contributed by atoms with Crippen LogP contribution in [0, 0.1) is 6.92 Å². The molecule has 4 rings (SSSR count). The van der Waals surface area contributed by atoms with Crippen molar-refractivity contribution >= 4 is 34.3 Å². The van der Waals surface area contributed by atoms with E-state index in [1.165, 1.54) is 4.90 Å². The lowest BCUT2D eigenvalue weighted by molar-refractivity contribution is 0.0509. The summed E-state index contributed by atoms with van der Waals surface area (Å²) in [4.78, 5) is 42.7. The van der Waals surface area contributed by atoms with Gasteiger partial charge in [0.05, 0.1) is 17.7 Å². The predicted octanol–water partition coefficient (Wildman–Crippen LogP) is 8.63. The summed E-state index contributed by atoms with van der Waals surface area (Å²) in [6.07, 6.45) is 8.64. The van der Waals surface area contributed by atoms with Gasteiger partial charge in [-0.25, -0.2) is 9.59 Å². The maximum absolute atomic E-state index is 13.0. The number of aryl methyl sites for hydroxylation is 1. The molecule has 0 aromatic heterocycles. The molecule has 3 aromatic rings. The van der Waals surface area contributed by atoms with Crippen molar-refractivity contribution in [3.05, 3.63) is 124 Å². The van der Waals surface area contributed by atoms with E-state index in [1.807, 2.05) is 61.5 Å². The van der Waals surface area contributed by atoms with Crippen LogP contribution in [0.1, 0.15) is 82.6 Å². The molecule has 0 amide bonds. The number of thiol groups is 1. The van der Waals surface area contributed by atoms with Gasteiger partial charge in [-0.1, -0.05) is 79.4 Å². The van der Waals surface area contributed by atoms with Gasteiger partial charge in [0.2, 0.25) is 5.78 Å². The first-order valence-corrected chi connectivity index (χ1v) is 15.8. The first-order chi connectivity index (χ1) is 20.4.